The second-order valence-electron chi connectivity index (χ2n) is 13.1. The van der Waals surface area contributed by atoms with Crippen LogP contribution >= 0.6 is 0 Å². The quantitative estimate of drug-likeness (QED) is 0.588. The summed E-state index contributed by atoms with van der Waals surface area (Å²) >= 11 is 0. The van der Waals surface area contributed by atoms with E-state index in [4.69, 9.17) is 0 Å². The molecule has 5 aliphatic rings. The Hall–Kier alpha value is -0.380. The van der Waals surface area contributed by atoms with Crippen LogP contribution < -0.4 is 0 Å². The van der Waals surface area contributed by atoms with Crippen LogP contribution in [0.15, 0.2) is 11.6 Å². The summed E-state index contributed by atoms with van der Waals surface area (Å²) in [5.41, 5.74) is 2.12. The lowest BCUT2D eigenvalue weighted by Crippen LogP contribution is -2.53. The second kappa shape index (κ2) is 7.84. The Labute approximate surface area is 190 Å². The molecule has 4 unspecified atom stereocenters. The first-order valence-electron chi connectivity index (χ1n) is 13.4. The summed E-state index contributed by atoms with van der Waals surface area (Å²) in [5, 5.41) is 21.7. The number of rotatable bonds is 2. The molecule has 3 heteroatoms. The maximum Gasteiger partial charge on any atom is 0.0579 e. The molecule has 5 rings (SSSR count). The number of aliphatic hydroxyl groups is 2. The van der Waals surface area contributed by atoms with E-state index in [9.17, 15) is 10.2 Å². The Balaban J connectivity index is 1.40. The number of allylic oxidation sites excluding steroid dienone is 1. The largest absolute Gasteiger partial charge is 0.393 e. The van der Waals surface area contributed by atoms with E-state index in [0.29, 0.717) is 23.8 Å². The van der Waals surface area contributed by atoms with Crippen molar-refractivity contribution in [2.24, 2.45) is 46.3 Å². The molecular weight excluding hydrogens is 382 g/mol. The van der Waals surface area contributed by atoms with Gasteiger partial charge < -0.3 is 15.1 Å². The zero-order chi connectivity index (χ0) is 22.1. The standard InChI is InChI=1S/C28H47NO2/c1-17-6-9-24(29(5)16-17)18(2)26-25(31)15-23-21-8-7-19-14-20(30)10-12-27(19,3)22(21)11-13-28(23,26)4/h7,17-18,20-26,30-31H,6,8-16H2,1-5H3/t17-,18+,20-,21?,22?,23?,24-,25-,26?,27-,28-/m1/s1. The van der Waals surface area contributed by atoms with Crippen molar-refractivity contribution < 1.29 is 10.2 Å². The van der Waals surface area contributed by atoms with E-state index in [-0.39, 0.29) is 23.0 Å². The molecule has 176 valence electrons. The summed E-state index contributed by atoms with van der Waals surface area (Å²) in [7, 11) is 2.32. The van der Waals surface area contributed by atoms with Crippen LogP contribution in [0.4, 0.5) is 0 Å². The van der Waals surface area contributed by atoms with Gasteiger partial charge in [-0.1, -0.05) is 39.3 Å². The van der Waals surface area contributed by atoms with Crippen LogP contribution in [0.1, 0.15) is 85.5 Å². The topological polar surface area (TPSA) is 43.7 Å². The van der Waals surface area contributed by atoms with E-state index in [1.807, 2.05) is 0 Å². The van der Waals surface area contributed by atoms with E-state index in [2.05, 4.69) is 45.7 Å². The average molecular weight is 430 g/mol. The smallest absolute Gasteiger partial charge is 0.0579 e. The van der Waals surface area contributed by atoms with Crippen molar-refractivity contribution in [3.05, 3.63) is 11.6 Å². The lowest BCUT2D eigenvalue weighted by molar-refractivity contribution is -0.0725. The highest BCUT2D eigenvalue weighted by molar-refractivity contribution is 5.25. The molecule has 3 saturated carbocycles. The zero-order valence-electron chi connectivity index (χ0n) is 20.7. The first-order chi connectivity index (χ1) is 14.6. The highest BCUT2D eigenvalue weighted by Crippen LogP contribution is 2.67. The molecule has 0 aromatic rings. The fourth-order valence-corrected chi connectivity index (χ4v) is 9.94. The van der Waals surface area contributed by atoms with Gasteiger partial charge in [-0.2, -0.15) is 0 Å². The molecule has 4 aliphatic carbocycles. The molecule has 0 bridgehead atoms. The van der Waals surface area contributed by atoms with Gasteiger partial charge in [0.2, 0.25) is 0 Å². The van der Waals surface area contributed by atoms with Gasteiger partial charge in [0.25, 0.3) is 0 Å². The molecule has 1 saturated heterocycles. The Morgan fingerprint density at radius 2 is 1.84 bits per heavy atom. The molecule has 1 aliphatic heterocycles. The fraction of sp³-hybridized carbons (Fsp3) is 0.929. The summed E-state index contributed by atoms with van der Waals surface area (Å²) in [6.45, 7) is 11.1. The van der Waals surface area contributed by atoms with Gasteiger partial charge in [0.15, 0.2) is 0 Å². The predicted octanol–water partition coefficient (Wildman–Crippen LogP) is 5.26. The highest BCUT2D eigenvalue weighted by atomic mass is 16.3. The molecule has 4 fully saturated rings. The number of nitrogens with zero attached hydrogens (tertiary/aromatic N) is 1. The van der Waals surface area contributed by atoms with Crippen LogP contribution in [0, 0.1) is 46.3 Å². The van der Waals surface area contributed by atoms with Crippen molar-refractivity contribution in [3.8, 4) is 0 Å². The van der Waals surface area contributed by atoms with Crippen molar-refractivity contribution in [3.63, 3.8) is 0 Å². The SMILES string of the molecule is C[C@@H]1CC[C@H]([C@H](C)C2[C@H](O)CC3C4CC=C5C[C@H](O)CC[C@@]5(C)C4CC[C@]32C)N(C)C1. The van der Waals surface area contributed by atoms with Crippen molar-refractivity contribution >= 4 is 0 Å². The fourth-order valence-electron chi connectivity index (χ4n) is 9.94. The first-order valence-corrected chi connectivity index (χ1v) is 13.4. The molecule has 0 spiro atoms. The molecule has 0 aromatic carbocycles. The van der Waals surface area contributed by atoms with E-state index in [1.165, 1.54) is 38.6 Å². The normalized spacial score (nSPS) is 53.8. The minimum Gasteiger partial charge on any atom is -0.393 e. The van der Waals surface area contributed by atoms with Crippen molar-refractivity contribution in [2.75, 3.05) is 13.6 Å². The Bertz CT molecular complexity index is 720. The molecule has 2 N–H and O–H groups in total. The minimum absolute atomic E-state index is 0.126. The van der Waals surface area contributed by atoms with Gasteiger partial charge in [-0.15, -0.1) is 0 Å². The summed E-state index contributed by atoms with van der Waals surface area (Å²) < 4.78 is 0. The zero-order valence-corrected chi connectivity index (χ0v) is 20.7. The van der Waals surface area contributed by atoms with Gasteiger partial charge in [0.1, 0.15) is 0 Å². The van der Waals surface area contributed by atoms with Gasteiger partial charge >= 0.3 is 0 Å². The Morgan fingerprint density at radius 1 is 1.06 bits per heavy atom. The molecule has 11 atom stereocenters. The molecule has 3 nitrogen and oxygen atoms in total. The summed E-state index contributed by atoms with van der Waals surface area (Å²) in [4.78, 5) is 2.61. The Morgan fingerprint density at radius 3 is 2.58 bits per heavy atom. The maximum absolute atomic E-state index is 11.5. The molecule has 31 heavy (non-hydrogen) atoms. The van der Waals surface area contributed by atoms with E-state index in [1.54, 1.807) is 5.57 Å². The highest BCUT2D eigenvalue weighted by Gasteiger charge is 2.62. The minimum atomic E-state index is -0.136. The molecule has 0 radical (unpaired) electrons. The number of aliphatic hydroxyl groups excluding tert-OH is 2. The van der Waals surface area contributed by atoms with Gasteiger partial charge in [-0.25, -0.2) is 0 Å². The molecule has 1 heterocycles. The van der Waals surface area contributed by atoms with Gasteiger partial charge in [-0.05, 0) is 111 Å². The molecule has 0 amide bonds. The lowest BCUT2D eigenvalue weighted by Gasteiger charge is -2.58. The summed E-state index contributed by atoms with van der Waals surface area (Å²) in [6.07, 6.45) is 12.7. The van der Waals surface area contributed by atoms with E-state index < -0.39 is 0 Å². The number of hydrogen-bond acceptors (Lipinski definition) is 3. The third-order valence-electron chi connectivity index (χ3n) is 11.5. The number of fused-ring (bicyclic) bond motifs is 5. The van der Waals surface area contributed by atoms with Gasteiger partial charge in [-0.3, -0.25) is 0 Å². The van der Waals surface area contributed by atoms with Crippen LogP contribution in [-0.2, 0) is 0 Å². The lowest BCUT2D eigenvalue weighted by atomic mass is 9.47. The first kappa shape index (κ1) is 22.4. The van der Waals surface area contributed by atoms with Crippen molar-refractivity contribution in [2.45, 2.75) is 104 Å². The van der Waals surface area contributed by atoms with Crippen molar-refractivity contribution in [1.82, 2.24) is 4.90 Å². The second-order valence-corrected chi connectivity index (χ2v) is 13.1. The van der Waals surface area contributed by atoms with E-state index >= 15 is 0 Å². The van der Waals surface area contributed by atoms with Crippen LogP contribution in [0.5, 0.6) is 0 Å². The Kier molecular flexibility index (Phi) is 5.67. The molecular formula is C28H47NO2. The van der Waals surface area contributed by atoms with Crippen molar-refractivity contribution in [1.29, 1.82) is 0 Å². The summed E-state index contributed by atoms with van der Waals surface area (Å²) in [5.74, 6) is 3.93. The van der Waals surface area contributed by atoms with Gasteiger partial charge in [0.05, 0.1) is 12.2 Å². The van der Waals surface area contributed by atoms with Crippen LogP contribution in [-0.4, -0.2) is 47.0 Å². The molecule has 0 aromatic heterocycles. The third kappa shape index (κ3) is 3.39. The number of piperidine rings is 1. The maximum atomic E-state index is 11.5. The van der Waals surface area contributed by atoms with E-state index in [0.717, 1.165) is 43.4 Å². The third-order valence-corrected chi connectivity index (χ3v) is 11.5. The van der Waals surface area contributed by atoms with Crippen LogP contribution in [0.3, 0.4) is 0 Å². The summed E-state index contributed by atoms with van der Waals surface area (Å²) in [6, 6.07) is 0.624. The average Bonchev–Trinajstić information content (AvgIpc) is 2.98. The van der Waals surface area contributed by atoms with Crippen LogP contribution in [0.25, 0.3) is 0 Å². The number of likely N-dealkylation sites (tertiary alicyclic amines) is 1. The van der Waals surface area contributed by atoms with Crippen LogP contribution in [0.2, 0.25) is 0 Å². The monoisotopic (exact) mass is 429 g/mol. The van der Waals surface area contributed by atoms with Gasteiger partial charge in [0, 0.05) is 12.6 Å². The predicted molar refractivity (Wildman–Crippen MR) is 127 cm³/mol. The number of hydrogen-bond donors (Lipinski definition) is 2.